The summed E-state index contributed by atoms with van der Waals surface area (Å²) in [6.45, 7) is 2.16. The Morgan fingerprint density at radius 2 is 1.87 bits per heavy atom. The Kier molecular flexibility index (Phi) is 6.49. The predicted molar refractivity (Wildman–Crippen MR) is 112 cm³/mol. The van der Waals surface area contributed by atoms with Crippen LogP contribution in [-0.4, -0.2) is 16.4 Å². The van der Waals surface area contributed by atoms with Gasteiger partial charge in [0.15, 0.2) is 22.3 Å². The molecule has 148 valence electrons. The van der Waals surface area contributed by atoms with Gasteiger partial charge in [-0.15, -0.1) is 0 Å². The summed E-state index contributed by atoms with van der Waals surface area (Å²) in [5.41, 5.74) is 0.606. The molecule has 30 heavy (non-hydrogen) atoms. The fourth-order valence-corrected chi connectivity index (χ4v) is 2.75. The molecule has 0 N–H and O–H groups in total. The maximum absolute atomic E-state index is 12.6. The Hall–Kier alpha value is -4.07. The standard InChI is InChI=1S/C22H15ClN4O3/c1-2-29-19-11-15(10-16(12-24)13-25)8-9-18(19)30-20-14-26-27(22(28)21(20)23)17-6-4-3-5-7-17/h3-11,14H,2H2,1H3. The Balaban J connectivity index is 1.97. The highest BCUT2D eigenvalue weighted by Crippen LogP contribution is 2.35. The van der Waals surface area contributed by atoms with E-state index in [4.69, 9.17) is 31.6 Å². The first-order chi connectivity index (χ1) is 14.6. The highest BCUT2D eigenvalue weighted by Gasteiger charge is 2.15. The SMILES string of the molecule is CCOc1cc(C=C(C#N)C#N)ccc1Oc1cnn(-c2ccccc2)c(=O)c1Cl. The second-order valence-corrected chi connectivity index (χ2v) is 6.28. The minimum absolute atomic E-state index is 0.0390. The third-order valence-corrected chi connectivity index (χ3v) is 4.28. The van der Waals surface area contributed by atoms with E-state index in [0.29, 0.717) is 29.4 Å². The largest absolute Gasteiger partial charge is 0.490 e. The van der Waals surface area contributed by atoms with Crippen molar-refractivity contribution in [2.75, 3.05) is 6.61 Å². The fraction of sp³-hybridized carbons (Fsp3) is 0.0909. The van der Waals surface area contributed by atoms with Crippen LogP contribution in [0.15, 0.2) is 65.1 Å². The van der Waals surface area contributed by atoms with E-state index < -0.39 is 5.56 Å². The van der Waals surface area contributed by atoms with Gasteiger partial charge >= 0.3 is 0 Å². The second-order valence-electron chi connectivity index (χ2n) is 5.90. The minimum atomic E-state index is -0.523. The molecule has 0 bridgehead atoms. The molecule has 0 aliphatic carbocycles. The van der Waals surface area contributed by atoms with Crippen molar-refractivity contribution < 1.29 is 9.47 Å². The van der Waals surface area contributed by atoms with Crippen molar-refractivity contribution in [2.24, 2.45) is 0 Å². The summed E-state index contributed by atoms with van der Waals surface area (Å²) in [5.74, 6) is 0.752. The molecule has 3 aromatic rings. The van der Waals surface area contributed by atoms with Gasteiger partial charge in [0, 0.05) is 0 Å². The van der Waals surface area contributed by atoms with Crippen LogP contribution < -0.4 is 15.0 Å². The molecule has 0 aliphatic heterocycles. The van der Waals surface area contributed by atoms with E-state index >= 15 is 0 Å². The number of rotatable bonds is 6. The van der Waals surface area contributed by atoms with Gasteiger partial charge in [0.2, 0.25) is 0 Å². The summed E-state index contributed by atoms with van der Waals surface area (Å²) in [6, 6.07) is 17.4. The molecule has 0 aliphatic rings. The van der Waals surface area contributed by atoms with Gasteiger partial charge in [0.1, 0.15) is 17.7 Å². The van der Waals surface area contributed by atoms with E-state index in [1.807, 2.05) is 6.07 Å². The van der Waals surface area contributed by atoms with Crippen molar-refractivity contribution in [1.29, 1.82) is 10.5 Å². The van der Waals surface area contributed by atoms with Crippen LogP contribution in [0.3, 0.4) is 0 Å². The minimum Gasteiger partial charge on any atom is -0.490 e. The second kappa shape index (κ2) is 9.42. The van der Waals surface area contributed by atoms with E-state index in [1.165, 1.54) is 17.0 Å². The van der Waals surface area contributed by atoms with Crippen molar-refractivity contribution in [2.45, 2.75) is 6.92 Å². The van der Waals surface area contributed by atoms with Gasteiger partial charge in [-0.3, -0.25) is 4.79 Å². The molecule has 2 aromatic carbocycles. The van der Waals surface area contributed by atoms with Crippen LogP contribution in [0.4, 0.5) is 0 Å². The number of para-hydroxylation sites is 1. The zero-order valence-corrected chi connectivity index (χ0v) is 16.6. The summed E-state index contributed by atoms with van der Waals surface area (Å²) >= 11 is 6.24. The lowest BCUT2D eigenvalue weighted by atomic mass is 10.1. The molecule has 0 atom stereocenters. The van der Waals surface area contributed by atoms with Crippen LogP contribution in [0.2, 0.25) is 5.02 Å². The zero-order chi connectivity index (χ0) is 21.5. The topological polar surface area (TPSA) is 101 Å². The Bertz CT molecular complexity index is 1220. The van der Waals surface area contributed by atoms with Crippen molar-refractivity contribution in [3.8, 4) is 35.1 Å². The third-order valence-electron chi connectivity index (χ3n) is 3.93. The van der Waals surface area contributed by atoms with Gasteiger partial charge in [-0.1, -0.05) is 35.9 Å². The molecule has 1 aromatic heterocycles. The van der Waals surface area contributed by atoms with Crippen LogP contribution >= 0.6 is 11.6 Å². The van der Waals surface area contributed by atoms with Crippen LogP contribution in [0.25, 0.3) is 11.8 Å². The van der Waals surface area contributed by atoms with Crippen molar-refractivity contribution in [3.05, 3.63) is 81.2 Å². The quantitative estimate of drug-likeness (QED) is 0.546. The molecular weight excluding hydrogens is 404 g/mol. The van der Waals surface area contributed by atoms with Gasteiger partial charge < -0.3 is 9.47 Å². The number of benzene rings is 2. The molecule has 0 saturated carbocycles. The van der Waals surface area contributed by atoms with Gasteiger partial charge in [0.05, 0.1) is 18.5 Å². The number of aromatic nitrogens is 2. The summed E-state index contributed by atoms with van der Waals surface area (Å²) < 4.78 is 12.6. The van der Waals surface area contributed by atoms with Crippen molar-refractivity contribution >= 4 is 17.7 Å². The molecule has 0 spiro atoms. The zero-order valence-electron chi connectivity index (χ0n) is 15.9. The lowest BCUT2D eigenvalue weighted by Gasteiger charge is -2.13. The molecule has 7 nitrogen and oxygen atoms in total. The van der Waals surface area contributed by atoms with E-state index in [1.54, 1.807) is 61.5 Å². The number of nitriles is 2. The molecule has 0 unspecified atom stereocenters. The molecule has 8 heteroatoms. The van der Waals surface area contributed by atoms with Gasteiger partial charge in [0.25, 0.3) is 5.56 Å². The molecular formula is C22H15ClN4O3. The van der Waals surface area contributed by atoms with Crippen LogP contribution in [-0.2, 0) is 0 Å². The van der Waals surface area contributed by atoms with Crippen LogP contribution in [0.1, 0.15) is 12.5 Å². The fourth-order valence-electron chi connectivity index (χ4n) is 2.58. The maximum atomic E-state index is 12.6. The van der Waals surface area contributed by atoms with E-state index in [9.17, 15) is 4.79 Å². The number of hydrogen-bond donors (Lipinski definition) is 0. The van der Waals surface area contributed by atoms with E-state index in [0.717, 1.165) is 0 Å². The average Bonchev–Trinajstić information content (AvgIpc) is 2.77. The average molecular weight is 419 g/mol. The molecule has 3 rings (SSSR count). The van der Waals surface area contributed by atoms with E-state index in [2.05, 4.69) is 5.10 Å². The summed E-state index contributed by atoms with van der Waals surface area (Å²) in [5, 5.41) is 21.8. The highest BCUT2D eigenvalue weighted by molar-refractivity contribution is 6.31. The van der Waals surface area contributed by atoms with Crippen LogP contribution in [0, 0.1) is 22.7 Å². The van der Waals surface area contributed by atoms with Gasteiger partial charge in [-0.25, -0.2) is 0 Å². The number of ether oxygens (including phenoxy) is 2. The Morgan fingerprint density at radius 1 is 1.13 bits per heavy atom. The van der Waals surface area contributed by atoms with Crippen LogP contribution in [0.5, 0.6) is 17.2 Å². The summed E-state index contributed by atoms with van der Waals surface area (Å²) in [4.78, 5) is 12.6. The van der Waals surface area contributed by atoms with Gasteiger partial charge in [-0.05, 0) is 42.8 Å². The maximum Gasteiger partial charge on any atom is 0.294 e. The first-order valence-electron chi connectivity index (χ1n) is 8.87. The lowest BCUT2D eigenvalue weighted by Crippen LogP contribution is -2.21. The lowest BCUT2D eigenvalue weighted by molar-refractivity contribution is 0.321. The Morgan fingerprint density at radius 3 is 2.53 bits per heavy atom. The number of halogens is 1. The molecule has 0 saturated heterocycles. The van der Waals surface area contributed by atoms with E-state index in [-0.39, 0.29) is 16.3 Å². The first kappa shape index (κ1) is 20.7. The molecule has 1 heterocycles. The normalized spacial score (nSPS) is 9.87. The monoisotopic (exact) mass is 418 g/mol. The third kappa shape index (κ3) is 4.49. The molecule has 0 amide bonds. The summed E-state index contributed by atoms with van der Waals surface area (Å²) in [6.07, 6.45) is 2.78. The van der Waals surface area contributed by atoms with Crippen molar-refractivity contribution in [3.63, 3.8) is 0 Å². The number of hydrogen-bond acceptors (Lipinski definition) is 6. The van der Waals surface area contributed by atoms with Crippen molar-refractivity contribution in [1.82, 2.24) is 9.78 Å². The predicted octanol–water partition coefficient (Wildman–Crippen LogP) is 4.51. The van der Waals surface area contributed by atoms with Gasteiger partial charge in [-0.2, -0.15) is 20.3 Å². The number of nitrogens with zero attached hydrogens (tertiary/aromatic N) is 4. The Labute approximate surface area is 177 Å². The number of allylic oxidation sites excluding steroid dienone is 1. The first-order valence-corrected chi connectivity index (χ1v) is 9.25. The smallest absolute Gasteiger partial charge is 0.294 e. The summed E-state index contributed by atoms with van der Waals surface area (Å²) in [7, 11) is 0. The molecule has 0 fully saturated rings. The highest BCUT2D eigenvalue weighted by atomic mass is 35.5. The molecule has 0 radical (unpaired) electrons.